The van der Waals surface area contributed by atoms with Crippen LogP contribution in [-0.2, 0) is 4.79 Å². The summed E-state index contributed by atoms with van der Waals surface area (Å²) in [5, 5.41) is 11.6. The van der Waals surface area contributed by atoms with Crippen LogP contribution >= 0.6 is 0 Å². The Labute approximate surface area is 73.6 Å². The number of nitrogens with one attached hydrogen (secondary N) is 1. The maximum Gasteiger partial charge on any atom is 0.317 e. The monoisotopic (exact) mass is 174 g/mol. The van der Waals surface area contributed by atoms with Gasteiger partial charge in [-0.25, -0.2) is 0 Å². The summed E-state index contributed by atoms with van der Waals surface area (Å²) < 4.78 is 0. The Morgan fingerprint density at radius 3 is 2.58 bits per heavy atom. The summed E-state index contributed by atoms with van der Waals surface area (Å²) in [5.74, 6) is -0.776. The predicted octanol–water partition coefficient (Wildman–Crippen LogP) is 0.000800. The van der Waals surface area contributed by atoms with Crippen LogP contribution in [0.1, 0.15) is 13.8 Å². The van der Waals surface area contributed by atoms with Crippen LogP contribution in [-0.4, -0.2) is 48.7 Å². The number of carbonyl (C=O) groups is 1. The zero-order valence-electron chi connectivity index (χ0n) is 8.00. The average molecular weight is 174 g/mol. The van der Waals surface area contributed by atoms with E-state index in [9.17, 15) is 4.79 Å². The Morgan fingerprint density at radius 2 is 2.17 bits per heavy atom. The van der Waals surface area contributed by atoms with E-state index in [1.54, 1.807) is 11.9 Å². The largest absolute Gasteiger partial charge is 0.480 e. The van der Waals surface area contributed by atoms with Gasteiger partial charge in [-0.1, -0.05) is 13.8 Å². The van der Waals surface area contributed by atoms with E-state index in [2.05, 4.69) is 19.2 Å². The highest BCUT2D eigenvalue weighted by Gasteiger charge is 2.02. The van der Waals surface area contributed by atoms with E-state index >= 15 is 0 Å². The van der Waals surface area contributed by atoms with Crippen molar-refractivity contribution in [3.8, 4) is 0 Å². The van der Waals surface area contributed by atoms with Crippen molar-refractivity contribution in [1.82, 2.24) is 10.2 Å². The average Bonchev–Trinajstić information content (AvgIpc) is 1.84. The van der Waals surface area contributed by atoms with Gasteiger partial charge in [0, 0.05) is 19.1 Å². The van der Waals surface area contributed by atoms with E-state index in [4.69, 9.17) is 5.11 Å². The van der Waals surface area contributed by atoms with Gasteiger partial charge >= 0.3 is 5.97 Å². The molecule has 0 radical (unpaired) electrons. The van der Waals surface area contributed by atoms with Gasteiger partial charge in [-0.2, -0.15) is 0 Å². The molecule has 0 rings (SSSR count). The SMILES string of the molecule is CC(C)NCCN(C)CC(=O)O. The normalized spacial score (nSPS) is 11.1. The van der Waals surface area contributed by atoms with Crippen molar-refractivity contribution >= 4 is 5.97 Å². The molecule has 4 heteroatoms. The summed E-state index contributed by atoms with van der Waals surface area (Å²) in [6, 6.07) is 0.461. The standard InChI is InChI=1S/C8H18N2O2/c1-7(2)9-4-5-10(3)6-8(11)12/h7,9H,4-6H2,1-3H3,(H,11,12). The molecule has 12 heavy (non-hydrogen) atoms. The van der Waals surface area contributed by atoms with E-state index in [0.29, 0.717) is 6.04 Å². The molecule has 0 spiro atoms. The summed E-state index contributed by atoms with van der Waals surface area (Å²) in [7, 11) is 1.80. The summed E-state index contributed by atoms with van der Waals surface area (Å²) in [6.07, 6.45) is 0. The molecule has 0 heterocycles. The summed E-state index contributed by atoms with van der Waals surface area (Å²) in [5.41, 5.74) is 0. The lowest BCUT2D eigenvalue weighted by atomic mass is 10.4. The maximum absolute atomic E-state index is 10.2. The first-order valence-electron chi connectivity index (χ1n) is 4.16. The smallest absolute Gasteiger partial charge is 0.317 e. The lowest BCUT2D eigenvalue weighted by Gasteiger charge is -2.15. The second-order valence-corrected chi connectivity index (χ2v) is 3.24. The van der Waals surface area contributed by atoms with Crippen molar-refractivity contribution in [2.45, 2.75) is 19.9 Å². The van der Waals surface area contributed by atoms with Crippen LogP contribution in [0, 0.1) is 0 Å². The van der Waals surface area contributed by atoms with Gasteiger partial charge in [0.25, 0.3) is 0 Å². The fraction of sp³-hybridized carbons (Fsp3) is 0.875. The third-order valence-electron chi connectivity index (χ3n) is 1.45. The van der Waals surface area contributed by atoms with Gasteiger partial charge in [-0.05, 0) is 7.05 Å². The van der Waals surface area contributed by atoms with Crippen LogP contribution in [0.4, 0.5) is 0 Å². The number of aliphatic carboxylic acids is 1. The first kappa shape index (κ1) is 11.4. The van der Waals surface area contributed by atoms with Crippen LogP contribution in [0.25, 0.3) is 0 Å². The lowest BCUT2D eigenvalue weighted by Crippen LogP contribution is -2.35. The van der Waals surface area contributed by atoms with Gasteiger partial charge in [0.2, 0.25) is 0 Å². The minimum atomic E-state index is -0.776. The number of carboxylic acids is 1. The maximum atomic E-state index is 10.2. The molecule has 0 unspecified atom stereocenters. The van der Waals surface area contributed by atoms with Gasteiger partial charge < -0.3 is 10.4 Å². The highest BCUT2D eigenvalue weighted by atomic mass is 16.4. The van der Waals surface area contributed by atoms with Crippen molar-refractivity contribution in [1.29, 1.82) is 0 Å². The predicted molar refractivity (Wildman–Crippen MR) is 48.3 cm³/mol. The molecule has 0 aliphatic carbocycles. The van der Waals surface area contributed by atoms with Crippen molar-refractivity contribution in [3.05, 3.63) is 0 Å². The Kier molecular flexibility index (Phi) is 5.66. The Bertz CT molecular complexity index is 137. The first-order valence-corrected chi connectivity index (χ1v) is 4.16. The zero-order chi connectivity index (χ0) is 9.56. The quantitative estimate of drug-likeness (QED) is 0.595. The molecule has 0 amide bonds. The van der Waals surface area contributed by atoms with E-state index < -0.39 is 5.97 Å². The van der Waals surface area contributed by atoms with Gasteiger partial charge in [0.1, 0.15) is 0 Å². The zero-order valence-corrected chi connectivity index (χ0v) is 8.00. The van der Waals surface area contributed by atoms with Crippen molar-refractivity contribution in [2.24, 2.45) is 0 Å². The molecule has 0 saturated carbocycles. The summed E-state index contributed by atoms with van der Waals surface area (Å²) in [6.45, 7) is 5.85. The molecule has 0 aliphatic heterocycles. The molecule has 0 atom stereocenters. The Hall–Kier alpha value is -0.610. The molecule has 72 valence electrons. The van der Waals surface area contributed by atoms with Gasteiger partial charge in [-0.3, -0.25) is 9.69 Å². The minimum Gasteiger partial charge on any atom is -0.480 e. The number of hydrogen-bond acceptors (Lipinski definition) is 3. The molecule has 0 aliphatic rings. The summed E-state index contributed by atoms with van der Waals surface area (Å²) in [4.78, 5) is 12.0. The third kappa shape index (κ3) is 7.50. The fourth-order valence-electron chi connectivity index (χ4n) is 0.854. The van der Waals surface area contributed by atoms with Crippen LogP contribution in [0.15, 0.2) is 0 Å². The first-order chi connectivity index (χ1) is 5.52. The van der Waals surface area contributed by atoms with E-state index in [0.717, 1.165) is 13.1 Å². The van der Waals surface area contributed by atoms with E-state index in [1.165, 1.54) is 0 Å². The molecule has 0 fully saturated rings. The molecule has 0 aromatic rings. The fourth-order valence-corrected chi connectivity index (χ4v) is 0.854. The molecule has 4 nitrogen and oxygen atoms in total. The van der Waals surface area contributed by atoms with E-state index in [1.807, 2.05) is 0 Å². The number of likely N-dealkylation sites (N-methyl/N-ethyl adjacent to an activating group) is 1. The second kappa shape index (κ2) is 5.97. The Balaban J connectivity index is 3.31. The number of carboxylic acid groups (broad SMARTS) is 1. The van der Waals surface area contributed by atoms with Crippen molar-refractivity contribution < 1.29 is 9.90 Å². The van der Waals surface area contributed by atoms with Crippen LogP contribution in [0.2, 0.25) is 0 Å². The molecule has 0 aromatic carbocycles. The van der Waals surface area contributed by atoms with Crippen LogP contribution in [0.5, 0.6) is 0 Å². The van der Waals surface area contributed by atoms with Crippen LogP contribution < -0.4 is 5.32 Å². The van der Waals surface area contributed by atoms with Crippen molar-refractivity contribution in [3.63, 3.8) is 0 Å². The third-order valence-corrected chi connectivity index (χ3v) is 1.45. The molecule has 2 N–H and O–H groups in total. The Morgan fingerprint density at radius 1 is 1.58 bits per heavy atom. The molecule has 0 saturated heterocycles. The van der Waals surface area contributed by atoms with E-state index in [-0.39, 0.29) is 6.54 Å². The van der Waals surface area contributed by atoms with Crippen molar-refractivity contribution in [2.75, 3.05) is 26.7 Å². The molecule has 0 aromatic heterocycles. The van der Waals surface area contributed by atoms with Gasteiger partial charge in [-0.15, -0.1) is 0 Å². The lowest BCUT2D eigenvalue weighted by molar-refractivity contribution is -0.137. The number of hydrogen-bond donors (Lipinski definition) is 2. The summed E-state index contributed by atoms with van der Waals surface area (Å²) >= 11 is 0. The highest BCUT2D eigenvalue weighted by molar-refractivity contribution is 5.68. The number of nitrogens with zero attached hydrogens (tertiary/aromatic N) is 1. The molecule has 0 bridgehead atoms. The van der Waals surface area contributed by atoms with Gasteiger partial charge in [0.05, 0.1) is 6.54 Å². The highest BCUT2D eigenvalue weighted by Crippen LogP contribution is 1.81. The van der Waals surface area contributed by atoms with Crippen LogP contribution in [0.3, 0.4) is 0 Å². The number of rotatable bonds is 6. The molecular weight excluding hydrogens is 156 g/mol. The second-order valence-electron chi connectivity index (χ2n) is 3.24. The molecular formula is C8H18N2O2. The topological polar surface area (TPSA) is 52.6 Å². The minimum absolute atomic E-state index is 0.111. The van der Waals surface area contributed by atoms with Gasteiger partial charge in [0.15, 0.2) is 0 Å².